The molecule has 0 aliphatic rings. The Labute approximate surface area is 105 Å². The van der Waals surface area contributed by atoms with Gasteiger partial charge in [-0.1, -0.05) is 6.07 Å². The number of nitrogens with zero attached hydrogens (tertiary/aromatic N) is 2. The van der Waals surface area contributed by atoms with Gasteiger partial charge in [0.15, 0.2) is 0 Å². The first kappa shape index (κ1) is 12.0. The molecule has 0 saturated heterocycles. The van der Waals surface area contributed by atoms with Crippen LogP contribution >= 0.6 is 0 Å². The molecule has 2 heterocycles. The van der Waals surface area contributed by atoms with Crippen molar-refractivity contribution in [2.24, 2.45) is 5.73 Å². The minimum atomic E-state index is -0.535. The highest BCUT2D eigenvalue weighted by atomic mass is 16.1. The number of aryl methyl sites for hydroxylation is 1. The molecule has 0 atom stereocenters. The summed E-state index contributed by atoms with van der Waals surface area (Å²) in [6.07, 6.45) is 3.30. The molecule has 3 N–H and O–H groups in total. The fraction of sp³-hybridized carbons (Fsp3) is 0.154. The average Bonchev–Trinajstić information content (AvgIpc) is 2.38. The summed E-state index contributed by atoms with van der Waals surface area (Å²) in [6.45, 7) is 2.60. The molecule has 0 saturated carbocycles. The molecule has 0 radical (unpaired) electrons. The number of nitrogens with one attached hydrogen (secondary N) is 1. The molecule has 0 unspecified atom stereocenters. The number of carbonyl (C=O) groups excluding carboxylic acids is 1. The van der Waals surface area contributed by atoms with Gasteiger partial charge >= 0.3 is 0 Å². The van der Waals surface area contributed by atoms with Crippen molar-refractivity contribution in [3.8, 4) is 0 Å². The van der Waals surface area contributed by atoms with Crippen molar-refractivity contribution in [3.05, 3.63) is 53.6 Å². The number of nitrogens with two attached hydrogens (primary N) is 1. The zero-order valence-electron chi connectivity index (χ0n) is 10.1. The van der Waals surface area contributed by atoms with E-state index in [0.717, 1.165) is 16.9 Å². The Hall–Kier alpha value is -2.43. The molecule has 0 fully saturated rings. The number of amides is 1. The maximum atomic E-state index is 11.0. The summed E-state index contributed by atoms with van der Waals surface area (Å²) in [5.74, 6) is -0.535. The number of rotatable bonds is 4. The fourth-order valence-corrected chi connectivity index (χ4v) is 1.56. The van der Waals surface area contributed by atoms with Gasteiger partial charge in [-0.3, -0.25) is 14.8 Å². The number of anilines is 1. The Morgan fingerprint density at radius 2 is 2.17 bits per heavy atom. The van der Waals surface area contributed by atoms with Crippen LogP contribution in [0.15, 0.2) is 36.7 Å². The van der Waals surface area contributed by atoms with Gasteiger partial charge in [0.2, 0.25) is 0 Å². The predicted molar refractivity (Wildman–Crippen MR) is 69.1 cm³/mol. The third-order valence-electron chi connectivity index (χ3n) is 2.59. The van der Waals surface area contributed by atoms with E-state index in [9.17, 15) is 4.79 Å². The lowest BCUT2D eigenvalue weighted by molar-refractivity contribution is 0.0995. The summed E-state index contributed by atoms with van der Waals surface area (Å²) in [5.41, 5.74) is 8.30. The standard InChI is InChI=1S/C13H14N4O/c1-9-3-2-5-15-12(9)8-17-10-4-6-16-11(7-10)13(14)18/h2-7H,8H2,1H3,(H2,14,18)(H,16,17). The molecule has 18 heavy (non-hydrogen) atoms. The first-order chi connectivity index (χ1) is 8.66. The highest BCUT2D eigenvalue weighted by molar-refractivity contribution is 5.91. The molecule has 92 valence electrons. The fourth-order valence-electron chi connectivity index (χ4n) is 1.56. The van der Waals surface area contributed by atoms with Gasteiger partial charge in [-0.2, -0.15) is 0 Å². The maximum absolute atomic E-state index is 11.0. The lowest BCUT2D eigenvalue weighted by Crippen LogP contribution is -2.13. The minimum Gasteiger partial charge on any atom is -0.379 e. The second-order valence-electron chi connectivity index (χ2n) is 3.91. The number of carbonyl (C=O) groups is 1. The Kier molecular flexibility index (Phi) is 3.52. The molecule has 2 aromatic rings. The maximum Gasteiger partial charge on any atom is 0.267 e. The summed E-state index contributed by atoms with van der Waals surface area (Å²) in [6, 6.07) is 7.31. The van der Waals surface area contributed by atoms with Crippen LogP contribution in [0.25, 0.3) is 0 Å². The van der Waals surface area contributed by atoms with E-state index in [0.29, 0.717) is 6.54 Å². The van der Waals surface area contributed by atoms with Crippen LogP contribution in [0.5, 0.6) is 0 Å². The van der Waals surface area contributed by atoms with E-state index in [1.54, 1.807) is 24.5 Å². The SMILES string of the molecule is Cc1cccnc1CNc1ccnc(C(N)=O)c1. The van der Waals surface area contributed by atoms with Gasteiger partial charge in [-0.25, -0.2) is 0 Å². The monoisotopic (exact) mass is 242 g/mol. The Balaban J connectivity index is 2.09. The number of hydrogen-bond acceptors (Lipinski definition) is 4. The second kappa shape index (κ2) is 5.27. The summed E-state index contributed by atoms with van der Waals surface area (Å²) >= 11 is 0. The van der Waals surface area contributed by atoms with E-state index in [1.807, 2.05) is 19.1 Å². The quantitative estimate of drug-likeness (QED) is 0.851. The van der Waals surface area contributed by atoms with Gasteiger partial charge in [0.1, 0.15) is 5.69 Å². The third-order valence-corrected chi connectivity index (χ3v) is 2.59. The minimum absolute atomic E-state index is 0.248. The van der Waals surface area contributed by atoms with Crippen molar-refractivity contribution in [2.75, 3.05) is 5.32 Å². The van der Waals surface area contributed by atoms with Gasteiger partial charge in [-0.05, 0) is 30.7 Å². The zero-order chi connectivity index (χ0) is 13.0. The van der Waals surface area contributed by atoms with Crippen LogP contribution in [0.1, 0.15) is 21.7 Å². The van der Waals surface area contributed by atoms with Crippen molar-refractivity contribution >= 4 is 11.6 Å². The predicted octanol–water partition coefficient (Wildman–Crippen LogP) is 1.50. The topological polar surface area (TPSA) is 80.9 Å². The van der Waals surface area contributed by atoms with Gasteiger partial charge in [0.25, 0.3) is 5.91 Å². The largest absolute Gasteiger partial charge is 0.379 e. The van der Waals surface area contributed by atoms with Gasteiger partial charge in [-0.15, -0.1) is 0 Å². The van der Waals surface area contributed by atoms with Crippen molar-refractivity contribution in [3.63, 3.8) is 0 Å². The van der Waals surface area contributed by atoms with E-state index in [1.165, 1.54) is 0 Å². The van der Waals surface area contributed by atoms with Crippen LogP contribution < -0.4 is 11.1 Å². The lowest BCUT2D eigenvalue weighted by atomic mass is 10.2. The highest BCUT2D eigenvalue weighted by Gasteiger charge is 2.03. The molecule has 0 spiro atoms. The van der Waals surface area contributed by atoms with Gasteiger partial charge in [0.05, 0.1) is 12.2 Å². The third kappa shape index (κ3) is 2.82. The van der Waals surface area contributed by atoms with E-state index >= 15 is 0 Å². The molecule has 0 aliphatic carbocycles. The van der Waals surface area contributed by atoms with E-state index in [-0.39, 0.29) is 5.69 Å². The zero-order valence-corrected chi connectivity index (χ0v) is 10.1. The summed E-state index contributed by atoms with van der Waals surface area (Å²) in [5, 5.41) is 3.19. The van der Waals surface area contributed by atoms with Crippen LogP contribution in [0.3, 0.4) is 0 Å². The number of hydrogen-bond donors (Lipinski definition) is 2. The summed E-state index contributed by atoms with van der Waals surface area (Å²) in [7, 11) is 0. The summed E-state index contributed by atoms with van der Waals surface area (Å²) < 4.78 is 0. The van der Waals surface area contributed by atoms with Crippen molar-refractivity contribution in [2.45, 2.75) is 13.5 Å². The van der Waals surface area contributed by atoms with Crippen LogP contribution in [-0.4, -0.2) is 15.9 Å². The van der Waals surface area contributed by atoms with Gasteiger partial charge in [0, 0.05) is 18.1 Å². The van der Waals surface area contributed by atoms with E-state index in [4.69, 9.17) is 5.73 Å². The van der Waals surface area contributed by atoms with Gasteiger partial charge < -0.3 is 11.1 Å². The number of primary amides is 1. The molecular formula is C13H14N4O. The molecule has 0 bridgehead atoms. The normalized spacial score (nSPS) is 10.1. The molecule has 2 aromatic heterocycles. The number of pyridine rings is 2. The molecule has 0 aromatic carbocycles. The van der Waals surface area contributed by atoms with Crippen molar-refractivity contribution in [1.82, 2.24) is 9.97 Å². The molecule has 2 rings (SSSR count). The van der Waals surface area contributed by atoms with Crippen LogP contribution in [0.4, 0.5) is 5.69 Å². The Bertz CT molecular complexity index is 568. The summed E-state index contributed by atoms with van der Waals surface area (Å²) in [4.78, 5) is 19.2. The molecule has 5 nitrogen and oxygen atoms in total. The second-order valence-corrected chi connectivity index (χ2v) is 3.91. The highest BCUT2D eigenvalue weighted by Crippen LogP contribution is 2.10. The number of aromatic nitrogens is 2. The molecule has 1 amide bonds. The Morgan fingerprint density at radius 1 is 1.33 bits per heavy atom. The van der Waals surface area contributed by atoms with Crippen molar-refractivity contribution < 1.29 is 4.79 Å². The molecule has 5 heteroatoms. The first-order valence-electron chi connectivity index (χ1n) is 5.57. The Morgan fingerprint density at radius 3 is 2.89 bits per heavy atom. The van der Waals surface area contributed by atoms with Crippen LogP contribution in [0, 0.1) is 6.92 Å². The van der Waals surface area contributed by atoms with Crippen LogP contribution in [-0.2, 0) is 6.54 Å². The molecule has 0 aliphatic heterocycles. The lowest BCUT2D eigenvalue weighted by Gasteiger charge is -2.08. The van der Waals surface area contributed by atoms with E-state index < -0.39 is 5.91 Å². The smallest absolute Gasteiger partial charge is 0.267 e. The van der Waals surface area contributed by atoms with Crippen molar-refractivity contribution in [1.29, 1.82) is 0 Å². The molecular weight excluding hydrogens is 228 g/mol. The first-order valence-corrected chi connectivity index (χ1v) is 5.57. The average molecular weight is 242 g/mol. The van der Waals surface area contributed by atoms with Crippen LogP contribution in [0.2, 0.25) is 0 Å². The van der Waals surface area contributed by atoms with E-state index in [2.05, 4.69) is 15.3 Å².